The quantitative estimate of drug-likeness (QED) is 0.262. The molecule has 7 heteroatoms. The minimum absolute atomic E-state index is 0.0226. The van der Waals surface area contributed by atoms with E-state index in [4.69, 9.17) is 27.9 Å². The van der Waals surface area contributed by atoms with Crippen LogP contribution in [0.3, 0.4) is 0 Å². The minimum Gasteiger partial charge on any atom is -0.486 e. The molecule has 0 saturated heterocycles. The second-order valence-corrected chi connectivity index (χ2v) is 8.70. The summed E-state index contributed by atoms with van der Waals surface area (Å²) in [5.41, 5.74) is 2.47. The fourth-order valence-electron chi connectivity index (χ4n) is 2.95. The summed E-state index contributed by atoms with van der Waals surface area (Å²) in [4.78, 5) is 12.6. The van der Waals surface area contributed by atoms with Crippen LogP contribution >= 0.6 is 39.1 Å². The van der Waals surface area contributed by atoms with Crippen molar-refractivity contribution in [1.29, 1.82) is 5.26 Å². The molecule has 0 aromatic heterocycles. The molecule has 32 heavy (non-hydrogen) atoms. The molecule has 162 valence electrons. The highest BCUT2D eigenvalue weighted by Crippen LogP contribution is 2.35. The normalized spacial score (nSPS) is 12.0. The zero-order chi connectivity index (χ0) is 23.1. The maximum Gasteiger partial charge on any atom is 0.262 e. The number of nitriles is 1. The molecule has 0 unspecified atom stereocenters. The van der Waals surface area contributed by atoms with Gasteiger partial charge in [0.25, 0.3) is 5.91 Å². The first-order valence-corrected chi connectivity index (χ1v) is 11.3. The highest BCUT2D eigenvalue weighted by atomic mass is 79.9. The number of halogens is 3. The van der Waals surface area contributed by atoms with Crippen molar-refractivity contribution in [3.05, 3.63) is 104 Å². The van der Waals surface area contributed by atoms with Gasteiger partial charge >= 0.3 is 0 Å². The summed E-state index contributed by atoms with van der Waals surface area (Å²) in [6.45, 7) is 2.18. The van der Waals surface area contributed by atoms with Crippen LogP contribution in [-0.2, 0) is 11.4 Å². The number of ether oxygens (including phenoxy) is 1. The molecule has 3 rings (SSSR count). The topological polar surface area (TPSA) is 62.1 Å². The molecule has 1 atom stereocenters. The number of hydrogen-bond donors (Lipinski definition) is 1. The number of carbonyl (C=O) groups excluding carboxylic acids is 1. The van der Waals surface area contributed by atoms with Crippen LogP contribution < -0.4 is 10.1 Å². The fraction of sp³-hybridized carbons (Fsp3) is 0.120. The SMILES string of the molecule is C[C@@H](NC(=O)/C(C#N)=C\c1cc(Cl)c(OCc2ccc(Cl)cc2)c(Br)c1)c1ccccc1. The van der Waals surface area contributed by atoms with E-state index >= 15 is 0 Å². The Morgan fingerprint density at radius 1 is 1.16 bits per heavy atom. The number of nitrogens with one attached hydrogen (secondary N) is 1. The monoisotopic (exact) mass is 528 g/mol. The molecule has 1 N–H and O–H groups in total. The summed E-state index contributed by atoms with van der Waals surface area (Å²) in [5.74, 6) is 0.0126. The Hall–Kier alpha value is -2.78. The molecule has 0 saturated carbocycles. The number of benzene rings is 3. The van der Waals surface area contributed by atoms with Gasteiger partial charge in [0.1, 0.15) is 18.2 Å². The summed E-state index contributed by atoms with van der Waals surface area (Å²) in [5, 5.41) is 13.4. The van der Waals surface area contributed by atoms with E-state index in [0.29, 0.717) is 32.4 Å². The van der Waals surface area contributed by atoms with Gasteiger partial charge in [-0.15, -0.1) is 0 Å². The Balaban J connectivity index is 1.74. The first-order valence-electron chi connectivity index (χ1n) is 9.71. The lowest BCUT2D eigenvalue weighted by Gasteiger charge is -2.14. The van der Waals surface area contributed by atoms with E-state index in [1.807, 2.05) is 55.5 Å². The van der Waals surface area contributed by atoms with Crippen LogP contribution in [0.15, 0.2) is 76.8 Å². The van der Waals surface area contributed by atoms with Crippen molar-refractivity contribution in [3.8, 4) is 11.8 Å². The predicted molar refractivity (Wildman–Crippen MR) is 132 cm³/mol. The molecule has 4 nitrogen and oxygen atoms in total. The summed E-state index contributed by atoms with van der Waals surface area (Å²) < 4.78 is 6.45. The third-order valence-corrected chi connectivity index (χ3v) is 5.76. The van der Waals surface area contributed by atoms with Crippen LogP contribution in [0.4, 0.5) is 0 Å². The fourth-order valence-corrected chi connectivity index (χ4v) is 4.07. The molecule has 0 radical (unpaired) electrons. The third kappa shape index (κ3) is 6.37. The molecule has 1 amide bonds. The van der Waals surface area contributed by atoms with E-state index in [9.17, 15) is 10.1 Å². The second kappa shape index (κ2) is 11.2. The van der Waals surface area contributed by atoms with Crippen molar-refractivity contribution in [2.75, 3.05) is 0 Å². The second-order valence-electron chi connectivity index (χ2n) is 7.00. The molecule has 0 aliphatic carbocycles. The Labute approximate surface area is 205 Å². The number of nitrogens with zero attached hydrogens (tertiary/aromatic N) is 1. The van der Waals surface area contributed by atoms with Gasteiger partial charge in [0.05, 0.1) is 15.5 Å². The van der Waals surface area contributed by atoms with E-state index in [1.165, 1.54) is 6.08 Å². The summed E-state index contributed by atoms with van der Waals surface area (Å²) in [6, 6.07) is 22.0. The Bertz CT molecular complexity index is 1150. The van der Waals surface area contributed by atoms with Crippen LogP contribution in [0, 0.1) is 11.3 Å². The van der Waals surface area contributed by atoms with Gasteiger partial charge < -0.3 is 10.1 Å². The van der Waals surface area contributed by atoms with Crippen molar-refractivity contribution >= 4 is 51.1 Å². The molecule has 0 fully saturated rings. The van der Waals surface area contributed by atoms with Gasteiger partial charge in [0, 0.05) is 5.02 Å². The van der Waals surface area contributed by atoms with Gasteiger partial charge in [-0.05, 0) is 69.9 Å². The van der Waals surface area contributed by atoms with Crippen molar-refractivity contribution in [2.24, 2.45) is 0 Å². The molecule has 0 aliphatic rings. The van der Waals surface area contributed by atoms with Crippen molar-refractivity contribution in [2.45, 2.75) is 19.6 Å². The van der Waals surface area contributed by atoms with Crippen molar-refractivity contribution < 1.29 is 9.53 Å². The lowest BCUT2D eigenvalue weighted by Crippen LogP contribution is -2.27. The van der Waals surface area contributed by atoms with E-state index < -0.39 is 5.91 Å². The molecular formula is C25H19BrCl2N2O2. The first kappa shape index (κ1) is 23.9. The Morgan fingerprint density at radius 3 is 2.47 bits per heavy atom. The zero-order valence-corrected chi connectivity index (χ0v) is 20.2. The smallest absolute Gasteiger partial charge is 0.262 e. The van der Waals surface area contributed by atoms with E-state index in [-0.39, 0.29) is 11.6 Å². The lowest BCUT2D eigenvalue weighted by atomic mass is 10.1. The number of rotatable bonds is 7. The molecule has 3 aromatic rings. The Morgan fingerprint density at radius 2 is 1.84 bits per heavy atom. The Kier molecular flexibility index (Phi) is 8.35. The minimum atomic E-state index is -0.459. The summed E-state index contributed by atoms with van der Waals surface area (Å²) in [7, 11) is 0. The molecule has 0 bridgehead atoms. The van der Waals surface area contributed by atoms with Gasteiger partial charge in [0.15, 0.2) is 5.75 Å². The van der Waals surface area contributed by atoms with Crippen LogP contribution in [-0.4, -0.2) is 5.91 Å². The lowest BCUT2D eigenvalue weighted by molar-refractivity contribution is -0.117. The molecule has 3 aromatic carbocycles. The van der Waals surface area contributed by atoms with Gasteiger partial charge in [-0.2, -0.15) is 5.26 Å². The number of hydrogen-bond acceptors (Lipinski definition) is 3. The van der Waals surface area contributed by atoms with Gasteiger partial charge in [0.2, 0.25) is 0 Å². The maximum absolute atomic E-state index is 12.6. The average molecular weight is 530 g/mol. The molecule has 0 aliphatic heterocycles. The molecule has 0 heterocycles. The van der Waals surface area contributed by atoms with E-state index in [0.717, 1.165) is 11.1 Å². The van der Waals surface area contributed by atoms with Gasteiger partial charge in [-0.1, -0.05) is 65.7 Å². The molecular weight excluding hydrogens is 511 g/mol. The highest BCUT2D eigenvalue weighted by Gasteiger charge is 2.15. The van der Waals surface area contributed by atoms with Gasteiger partial charge in [-0.3, -0.25) is 4.79 Å². The maximum atomic E-state index is 12.6. The third-order valence-electron chi connectivity index (χ3n) is 4.64. The highest BCUT2D eigenvalue weighted by molar-refractivity contribution is 9.10. The van der Waals surface area contributed by atoms with E-state index in [1.54, 1.807) is 24.3 Å². The standard InChI is InChI=1S/C25H19BrCl2N2O2/c1-16(19-5-3-2-4-6-19)30-25(31)20(14-29)11-18-12-22(26)24(23(28)13-18)32-15-17-7-9-21(27)10-8-17/h2-13,16H,15H2,1H3,(H,30,31)/b20-11-/t16-/m1/s1. The van der Waals surface area contributed by atoms with Crippen LogP contribution in [0.1, 0.15) is 29.7 Å². The van der Waals surface area contributed by atoms with Crippen LogP contribution in [0.5, 0.6) is 5.75 Å². The predicted octanol–water partition coefficient (Wildman–Crippen LogP) is 7.12. The van der Waals surface area contributed by atoms with E-state index in [2.05, 4.69) is 21.2 Å². The van der Waals surface area contributed by atoms with Crippen molar-refractivity contribution in [3.63, 3.8) is 0 Å². The van der Waals surface area contributed by atoms with Crippen molar-refractivity contribution in [1.82, 2.24) is 5.32 Å². The summed E-state index contributed by atoms with van der Waals surface area (Å²) in [6.07, 6.45) is 1.49. The zero-order valence-electron chi connectivity index (χ0n) is 17.1. The van der Waals surface area contributed by atoms with Gasteiger partial charge in [-0.25, -0.2) is 0 Å². The molecule has 0 spiro atoms. The average Bonchev–Trinajstić information content (AvgIpc) is 2.78. The first-order chi connectivity index (χ1) is 15.4. The van der Waals surface area contributed by atoms with Crippen LogP contribution in [0.25, 0.3) is 6.08 Å². The van der Waals surface area contributed by atoms with Crippen LogP contribution in [0.2, 0.25) is 10.0 Å². The number of amides is 1. The number of carbonyl (C=O) groups is 1. The largest absolute Gasteiger partial charge is 0.486 e. The summed E-state index contributed by atoms with van der Waals surface area (Å²) >= 11 is 15.8.